The lowest BCUT2D eigenvalue weighted by molar-refractivity contribution is -0.141. The molecule has 5 heteroatoms. The largest absolute Gasteiger partial charge is 0.480 e. The number of nitrogens with one attached hydrogen (secondary N) is 1. The van der Waals surface area contributed by atoms with E-state index in [2.05, 4.69) is 5.32 Å². The van der Waals surface area contributed by atoms with E-state index in [0.717, 1.165) is 17.7 Å². The average molecular weight is 281 g/mol. The van der Waals surface area contributed by atoms with Crippen LogP contribution in [0.2, 0.25) is 0 Å². The lowest BCUT2D eigenvalue weighted by atomic mass is 10.1. The van der Waals surface area contributed by atoms with Crippen LogP contribution >= 0.6 is 11.8 Å². The Labute approximate surface area is 117 Å². The van der Waals surface area contributed by atoms with Crippen molar-refractivity contribution >= 4 is 23.6 Å². The van der Waals surface area contributed by atoms with Crippen LogP contribution in [0, 0.1) is 0 Å². The van der Waals surface area contributed by atoms with Crippen LogP contribution < -0.4 is 5.32 Å². The van der Waals surface area contributed by atoms with Gasteiger partial charge in [0.15, 0.2) is 0 Å². The number of carbonyl (C=O) groups excluding carboxylic acids is 1. The molecule has 0 saturated carbocycles. The molecular weight excluding hydrogens is 262 g/mol. The van der Waals surface area contributed by atoms with Gasteiger partial charge in [0.1, 0.15) is 6.04 Å². The predicted molar refractivity (Wildman–Crippen MR) is 77.3 cm³/mol. The topological polar surface area (TPSA) is 66.4 Å². The van der Waals surface area contributed by atoms with Crippen molar-refractivity contribution in [2.24, 2.45) is 0 Å². The highest BCUT2D eigenvalue weighted by Gasteiger charge is 2.19. The standard InChI is InChI=1S/C14H19NO3S/c1-2-8-19-10-13(16)15-12(14(17)18)9-11-6-4-3-5-7-11/h3-7,12H,2,8-10H2,1H3,(H,15,16)(H,17,18)/t12-/m0/s1. The summed E-state index contributed by atoms with van der Waals surface area (Å²) in [5, 5.41) is 11.7. The first-order chi connectivity index (χ1) is 9.13. The van der Waals surface area contributed by atoms with Crippen molar-refractivity contribution in [2.45, 2.75) is 25.8 Å². The van der Waals surface area contributed by atoms with Gasteiger partial charge in [0.2, 0.25) is 5.91 Å². The lowest BCUT2D eigenvalue weighted by Crippen LogP contribution is -2.43. The van der Waals surface area contributed by atoms with Gasteiger partial charge in [-0.3, -0.25) is 4.79 Å². The van der Waals surface area contributed by atoms with Crippen LogP contribution in [-0.4, -0.2) is 34.5 Å². The Morgan fingerprint density at radius 2 is 2.00 bits per heavy atom. The third-order valence-corrected chi connectivity index (χ3v) is 3.66. The molecule has 0 aromatic heterocycles. The summed E-state index contributed by atoms with van der Waals surface area (Å²) in [4.78, 5) is 22.8. The zero-order chi connectivity index (χ0) is 14.1. The van der Waals surface area contributed by atoms with Crippen molar-refractivity contribution in [3.63, 3.8) is 0 Å². The maximum absolute atomic E-state index is 11.6. The van der Waals surface area contributed by atoms with E-state index in [1.165, 1.54) is 11.8 Å². The van der Waals surface area contributed by atoms with Gasteiger partial charge in [-0.25, -0.2) is 4.79 Å². The van der Waals surface area contributed by atoms with E-state index in [-0.39, 0.29) is 5.91 Å². The Kier molecular flexibility index (Phi) is 7.03. The highest BCUT2D eigenvalue weighted by Crippen LogP contribution is 2.05. The SMILES string of the molecule is CCCSCC(=O)N[C@@H](Cc1ccccc1)C(=O)O. The summed E-state index contributed by atoms with van der Waals surface area (Å²) in [5.41, 5.74) is 0.899. The molecule has 2 N–H and O–H groups in total. The van der Waals surface area contributed by atoms with E-state index in [4.69, 9.17) is 5.11 Å². The molecule has 0 unspecified atom stereocenters. The number of aliphatic carboxylic acids is 1. The Morgan fingerprint density at radius 3 is 2.58 bits per heavy atom. The van der Waals surface area contributed by atoms with Gasteiger partial charge in [0.05, 0.1) is 5.75 Å². The Hall–Kier alpha value is -1.49. The van der Waals surface area contributed by atoms with E-state index < -0.39 is 12.0 Å². The van der Waals surface area contributed by atoms with Crippen LogP contribution in [0.15, 0.2) is 30.3 Å². The van der Waals surface area contributed by atoms with E-state index >= 15 is 0 Å². The normalized spacial score (nSPS) is 11.8. The van der Waals surface area contributed by atoms with Crippen LogP contribution in [0.4, 0.5) is 0 Å². The quantitative estimate of drug-likeness (QED) is 0.715. The summed E-state index contributed by atoms with van der Waals surface area (Å²) in [7, 11) is 0. The minimum atomic E-state index is -1.00. The number of carboxylic acids is 1. The van der Waals surface area contributed by atoms with Gasteiger partial charge < -0.3 is 10.4 Å². The maximum Gasteiger partial charge on any atom is 0.326 e. The van der Waals surface area contributed by atoms with Crippen molar-refractivity contribution < 1.29 is 14.7 Å². The number of thioether (sulfide) groups is 1. The highest BCUT2D eigenvalue weighted by atomic mass is 32.2. The molecule has 1 atom stereocenters. The molecule has 0 fully saturated rings. The van der Waals surface area contributed by atoms with E-state index in [1.54, 1.807) is 0 Å². The fourth-order valence-corrected chi connectivity index (χ4v) is 2.30. The Bertz CT molecular complexity index is 408. The van der Waals surface area contributed by atoms with Gasteiger partial charge in [0.25, 0.3) is 0 Å². The van der Waals surface area contributed by atoms with Gasteiger partial charge in [-0.2, -0.15) is 11.8 Å². The van der Waals surface area contributed by atoms with Crippen LogP contribution in [0.25, 0.3) is 0 Å². The zero-order valence-corrected chi connectivity index (χ0v) is 11.8. The predicted octanol–water partition coefficient (Wildman–Crippen LogP) is 1.94. The van der Waals surface area contributed by atoms with Gasteiger partial charge in [-0.15, -0.1) is 0 Å². The average Bonchev–Trinajstić information content (AvgIpc) is 2.39. The summed E-state index contributed by atoms with van der Waals surface area (Å²) in [6, 6.07) is 8.43. The van der Waals surface area contributed by atoms with Crippen LogP contribution in [0.1, 0.15) is 18.9 Å². The fraction of sp³-hybridized carbons (Fsp3) is 0.429. The molecule has 0 radical (unpaired) electrons. The molecule has 0 aliphatic heterocycles. The van der Waals surface area contributed by atoms with Crippen molar-refractivity contribution in [2.75, 3.05) is 11.5 Å². The number of benzene rings is 1. The molecule has 0 spiro atoms. The first-order valence-corrected chi connectivity index (χ1v) is 7.42. The molecule has 1 rings (SSSR count). The number of hydrogen-bond acceptors (Lipinski definition) is 3. The van der Waals surface area contributed by atoms with Crippen molar-refractivity contribution in [1.29, 1.82) is 0 Å². The van der Waals surface area contributed by atoms with E-state index in [0.29, 0.717) is 12.2 Å². The summed E-state index contributed by atoms with van der Waals surface area (Å²) in [5.74, 6) is -0.00420. The zero-order valence-electron chi connectivity index (χ0n) is 11.0. The summed E-state index contributed by atoms with van der Waals surface area (Å²) >= 11 is 1.52. The highest BCUT2D eigenvalue weighted by molar-refractivity contribution is 7.99. The molecule has 0 aliphatic carbocycles. The fourth-order valence-electron chi connectivity index (χ4n) is 1.60. The lowest BCUT2D eigenvalue weighted by Gasteiger charge is -2.14. The molecule has 4 nitrogen and oxygen atoms in total. The number of hydrogen-bond donors (Lipinski definition) is 2. The maximum atomic E-state index is 11.6. The Morgan fingerprint density at radius 1 is 1.32 bits per heavy atom. The second-order valence-electron chi connectivity index (χ2n) is 4.20. The molecule has 0 aliphatic rings. The molecular formula is C14H19NO3S. The molecule has 1 aromatic carbocycles. The minimum Gasteiger partial charge on any atom is -0.480 e. The smallest absolute Gasteiger partial charge is 0.326 e. The molecule has 1 amide bonds. The number of amides is 1. The van der Waals surface area contributed by atoms with Crippen molar-refractivity contribution in [3.8, 4) is 0 Å². The van der Waals surface area contributed by atoms with Gasteiger partial charge in [-0.05, 0) is 17.7 Å². The van der Waals surface area contributed by atoms with Crippen molar-refractivity contribution in [1.82, 2.24) is 5.32 Å². The summed E-state index contributed by atoms with van der Waals surface area (Å²) < 4.78 is 0. The van der Waals surface area contributed by atoms with Crippen molar-refractivity contribution in [3.05, 3.63) is 35.9 Å². The van der Waals surface area contributed by atoms with Crippen LogP contribution in [-0.2, 0) is 16.0 Å². The minimum absolute atomic E-state index is 0.221. The monoisotopic (exact) mass is 281 g/mol. The first kappa shape index (κ1) is 15.6. The first-order valence-electron chi connectivity index (χ1n) is 6.27. The number of carbonyl (C=O) groups is 2. The second kappa shape index (κ2) is 8.58. The van der Waals surface area contributed by atoms with E-state index in [1.807, 2.05) is 37.3 Å². The molecule has 0 saturated heterocycles. The molecule has 1 aromatic rings. The molecule has 104 valence electrons. The molecule has 0 bridgehead atoms. The van der Waals surface area contributed by atoms with Gasteiger partial charge in [-0.1, -0.05) is 37.3 Å². The molecule has 19 heavy (non-hydrogen) atoms. The number of carboxylic acid groups (broad SMARTS) is 1. The summed E-state index contributed by atoms with van der Waals surface area (Å²) in [6.07, 6.45) is 1.31. The van der Waals surface area contributed by atoms with Gasteiger partial charge >= 0.3 is 5.97 Å². The molecule has 0 heterocycles. The summed E-state index contributed by atoms with van der Waals surface area (Å²) in [6.45, 7) is 2.04. The van der Waals surface area contributed by atoms with E-state index in [9.17, 15) is 9.59 Å². The van der Waals surface area contributed by atoms with Crippen LogP contribution in [0.5, 0.6) is 0 Å². The third-order valence-electron chi connectivity index (χ3n) is 2.50. The Balaban J connectivity index is 2.49. The number of rotatable bonds is 8. The third kappa shape index (κ3) is 6.29. The van der Waals surface area contributed by atoms with Gasteiger partial charge in [0, 0.05) is 6.42 Å². The second-order valence-corrected chi connectivity index (χ2v) is 5.31. The van der Waals surface area contributed by atoms with Crippen LogP contribution in [0.3, 0.4) is 0 Å².